The second-order valence-electron chi connectivity index (χ2n) is 7.77. The van der Waals surface area contributed by atoms with Crippen LogP contribution in [0.25, 0.3) is 11.1 Å². The number of hydrogen-bond donors (Lipinski definition) is 1. The molecule has 134 valence electrons. The topological polar surface area (TPSA) is 77.0 Å². The van der Waals surface area contributed by atoms with Crippen molar-refractivity contribution in [3.63, 3.8) is 0 Å². The first-order valence-electron chi connectivity index (χ1n) is 8.82. The zero-order valence-corrected chi connectivity index (χ0v) is 15.5. The van der Waals surface area contributed by atoms with E-state index >= 15 is 0 Å². The third kappa shape index (κ3) is 3.52. The summed E-state index contributed by atoms with van der Waals surface area (Å²) >= 11 is 0. The Morgan fingerprint density at radius 3 is 2.64 bits per heavy atom. The van der Waals surface area contributed by atoms with Crippen LogP contribution in [0.3, 0.4) is 0 Å². The molecule has 2 N–H and O–H groups in total. The Kier molecular flexibility index (Phi) is 4.54. The summed E-state index contributed by atoms with van der Waals surface area (Å²) < 4.78 is 1.74. The van der Waals surface area contributed by atoms with Gasteiger partial charge in [-0.25, -0.2) is 4.98 Å². The van der Waals surface area contributed by atoms with Crippen molar-refractivity contribution < 1.29 is 4.79 Å². The highest BCUT2D eigenvalue weighted by Crippen LogP contribution is 2.34. The fourth-order valence-electron chi connectivity index (χ4n) is 3.61. The SMILES string of the molecule is Cc1c(-c2cnn(C)c2)cnc(N2CCCC(C)(C)CC2)c1C(N)=O. The number of carbonyl (C=O) groups excluding carboxylic acids is 1. The van der Waals surface area contributed by atoms with Gasteiger partial charge in [-0.1, -0.05) is 13.8 Å². The van der Waals surface area contributed by atoms with Crippen LogP contribution in [-0.2, 0) is 7.05 Å². The Labute approximate surface area is 149 Å². The zero-order valence-electron chi connectivity index (χ0n) is 15.5. The van der Waals surface area contributed by atoms with Crippen LogP contribution in [0.5, 0.6) is 0 Å². The molecule has 1 amide bonds. The molecular weight excluding hydrogens is 314 g/mol. The molecule has 2 aromatic rings. The number of amides is 1. The highest BCUT2D eigenvalue weighted by atomic mass is 16.1. The molecule has 1 aliphatic heterocycles. The minimum Gasteiger partial charge on any atom is -0.365 e. The van der Waals surface area contributed by atoms with Gasteiger partial charge in [-0.2, -0.15) is 5.10 Å². The minimum absolute atomic E-state index is 0.326. The highest BCUT2D eigenvalue weighted by molar-refractivity contribution is 6.01. The van der Waals surface area contributed by atoms with Crippen LogP contribution in [0.2, 0.25) is 0 Å². The molecule has 0 aromatic carbocycles. The molecule has 1 saturated heterocycles. The third-order valence-electron chi connectivity index (χ3n) is 5.22. The monoisotopic (exact) mass is 341 g/mol. The van der Waals surface area contributed by atoms with Crippen molar-refractivity contribution in [3.05, 3.63) is 29.7 Å². The number of hydrogen-bond acceptors (Lipinski definition) is 4. The predicted molar refractivity (Wildman–Crippen MR) is 99.5 cm³/mol. The van der Waals surface area contributed by atoms with Crippen LogP contribution < -0.4 is 10.6 Å². The van der Waals surface area contributed by atoms with E-state index < -0.39 is 5.91 Å². The predicted octanol–water partition coefficient (Wildman–Crippen LogP) is 2.91. The van der Waals surface area contributed by atoms with Crippen molar-refractivity contribution in [2.24, 2.45) is 18.2 Å². The molecule has 25 heavy (non-hydrogen) atoms. The molecule has 3 heterocycles. The van der Waals surface area contributed by atoms with E-state index in [1.807, 2.05) is 26.4 Å². The van der Waals surface area contributed by atoms with Gasteiger partial charge in [0.1, 0.15) is 5.82 Å². The number of primary amides is 1. The summed E-state index contributed by atoms with van der Waals surface area (Å²) in [6.45, 7) is 8.34. The summed E-state index contributed by atoms with van der Waals surface area (Å²) in [7, 11) is 1.87. The molecule has 0 saturated carbocycles. The van der Waals surface area contributed by atoms with E-state index in [4.69, 9.17) is 5.73 Å². The van der Waals surface area contributed by atoms with Gasteiger partial charge in [0.25, 0.3) is 5.91 Å². The van der Waals surface area contributed by atoms with Gasteiger partial charge in [-0.3, -0.25) is 9.48 Å². The smallest absolute Gasteiger partial charge is 0.252 e. The summed E-state index contributed by atoms with van der Waals surface area (Å²) in [6, 6.07) is 0. The minimum atomic E-state index is -0.422. The van der Waals surface area contributed by atoms with Crippen molar-refractivity contribution in [2.75, 3.05) is 18.0 Å². The van der Waals surface area contributed by atoms with Crippen LogP contribution >= 0.6 is 0 Å². The van der Waals surface area contributed by atoms with Crippen LogP contribution in [0.4, 0.5) is 5.82 Å². The zero-order chi connectivity index (χ0) is 18.2. The number of nitrogens with two attached hydrogens (primary N) is 1. The van der Waals surface area contributed by atoms with Crippen molar-refractivity contribution in [2.45, 2.75) is 40.0 Å². The fraction of sp³-hybridized carbons (Fsp3) is 0.526. The number of anilines is 1. The average Bonchev–Trinajstić information content (AvgIpc) is 2.87. The molecule has 0 radical (unpaired) electrons. The number of rotatable bonds is 3. The van der Waals surface area contributed by atoms with Gasteiger partial charge in [0.05, 0.1) is 11.8 Å². The van der Waals surface area contributed by atoms with Gasteiger partial charge in [0.2, 0.25) is 0 Å². The van der Waals surface area contributed by atoms with Crippen LogP contribution in [0.1, 0.15) is 49.0 Å². The molecule has 0 aliphatic carbocycles. The molecule has 0 atom stereocenters. The van der Waals surface area contributed by atoms with Crippen LogP contribution in [0, 0.1) is 12.3 Å². The molecule has 0 unspecified atom stereocenters. The van der Waals surface area contributed by atoms with Crippen molar-refractivity contribution >= 4 is 11.7 Å². The Hall–Kier alpha value is -2.37. The Balaban J connectivity index is 2.03. The number of nitrogens with zero attached hydrogens (tertiary/aromatic N) is 4. The molecular formula is C19H27N5O. The first-order chi connectivity index (χ1) is 11.8. The average molecular weight is 341 g/mol. The molecule has 6 heteroatoms. The van der Waals surface area contributed by atoms with E-state index in [0.717, 1.165) is 48.4 Å². The van der Waals surface area contributed by atoms with Crippen LogP contribution in [-0.4, -0.2) is 33.8 Å². The van der Waals surface area contributed by atoms with Gasteiger partial charge >= 0.3 is 0 Å². The van der Waals surface area contributed by atoms with E-state index in [1.165, 1.54) is 6.42 Å². The van der Waals surface area contributed by atoms with E-state index in [0.29, 0.717) is 11.0 Å². The van der Waals surface area contributed by atoms with Gasteiger partial charge in [0.15, 0.2) is 0 Å². The summed E-state index contributed by atoms with van der Waals surface area (Å²) in [5.41, 5.74) is 9.31. The van der Waals surface area contributed by atoms with E-state index in [1.54, 1.807) is 10.9 Å². The van der Waals surface area contributed by atoms with Gasteiger partial charge < -0.3 is 10.6 Å². The lowest BCUT2D eigenvalue weighted by atomic mass is 9.85. The molecule has 3 rings (SSSR count). The lowest BCUT2D eigenvalue weighted by molar-refractivity contribution is 0.1000. The van der Waals surface area contributed by atoms with E-state index in [-0.39, 0.29) is 0 Å². The van der Waals surface area contributed by atoms with Crippen molar-refractivity contribution in [3.8, 4) is 11.1 Å². The standard InChI is InChI=1S/C19H27N5O/c1-13-15(14-10-22-23(4)12-14)11-21-18(16(13)17(20)25)24-8-5-6-19(2,3)7-9-24/h10-12H,5-9H2,1-4H3,(H2,20,25). The maximum absolute atomic E-state index is 12.2. The van der Waals surface area contributed by atoms with Gasteiger partial charge in [-0.05, 0) is 37.2 Å². The molecule has 1 aliphatic rings. The second kappa shape index (κ2) is 6.50. The first-order valence-corrected chi connectivity index (χ1v) is 8.82. The fourth-order valence-corrected chi connectivity index (χ4v) is 3.61. The molecule has 0 spiro atoms. The van der Waals surface area contributed by atoms with Gasteiger partial charge in [-0.15, -0.1) is 0 Å². The number of aryl methyl sites for hydroxylation is 1. The first kappa shape index (κ1) is 17.5. The second-order valence-corrected chi connectivity index (χ2v) is 7.77. The number of aromatic nitrogens is 3. The normalized spacial score (nSPS) is 17.4. The molecule has 2 aromatic heterocycles. The highest BCUT2D eigenvalue weighted by Gasteiger charge is 2.27. The molecule has 6 nitrogen and oxygen atoms in total. The Morgan fingerprint density at radius 2 is 2.00 bits per heavy atom. The largest absolute Gasteiger partial charge is 0.365 e. The Bertz CT molecular complexity index is 793. The molecule has 0 bridgehead atoms. The summed E-state index contributed by atoms with van der Waals surface area (Å²) in [5.74, 6) is 0.296. The third-order valence-corrected chi connectivity index (χ3v) is 5.22. The maximum Gasteiger partial charge on any atom is 0.252 e. The van der Waals surface area contributed by atoms with Crippen LogP contribution in [0.15, 0.2) is 18.6 Å². The summed E-state index contributed by atoms with van der Waals surface area (Å²) in [6.07, 6.45) is 8.89. The number of carbonyl (C=O) groups is 1. The lowest BCUT2D eigenvalue weighted by Gasteiger charge is -2.26. The van der Waals surface area contributed by atoms with Crippen molar-refractivity contribution in [1.82, 2.24) is 14.8 Å². The quantitative estimate of drug-likeness (QED) is 0.931. The number of pyridine rings is 1. The van der Waals surface area contributed by atoms with Gasteiger partial charge in [0, 0.05) is 43.7 Å². The molecule has 1 fully saturated rings. The Morgan fingerprint density at radius 1 is 1.24 bits per heavy atom. The maximum atomic E-state index is 12.2. The van der Waals surface area contributed by atoms with E-state index in [9.17, 15) is 4.79 Å². The van der Waals surface area contributed by atoms with Crippen molar-refractivity contribution in [1.29, 1.82) is 0 Å². The van der Waals surface area contributed by atoms with E-state index in [2.05, 4.69) is 28.8 Å². The summed E-state index contributed by atoms with van der Waals surface area (Å²) in [5, 5.41) is 4.21. The summed E-state index contributed by atoms with van der Waals surface area (Å²) in [4.78, 5) is 19.1. The lowest BCUT2D eigenvalue weighted by Crippen LogP contribution is -2.29.